The average molecular weight is 327 g/mol. The molecule has 0 aliphatic carbocycles. The third kappa shape index (κ3) is 2.75. The van der Waals surface area contributed by atoms with E-state index in [2.05, 4.69) is 27.5 Å². The highest BCUT2D eigenvalue weighted by Crippen LogP contribution is 2.38. The number of benzene rings is 1. The molecule has 2 aromatic rings. The predicted molar refractivity (Wildman–Crippen MR) is 95.2 cm³/mol. The van der Waals surface area contributed by atoms with E-state index in [1.165, 1.54) is 19.4 Å². The molecule has 2 amide bonds. The van der Waals surface area contributed by atoms with Gasteiger partial charge in [-0.2, -0.15) is 5.10 Å². The van der Waals surface area contributed by atoms with Gasteiger partial charge < -0.3 is 15.1 Å². The van der Waals surface area contributed by atoms with Crippen molar-refractivity contribution in [3.05, 3.63) is 23.9 Å². The van der Waals surface area contributed by atoms with Crippen molar-refractivity contribution in [3.63, 3.8) is 0 Å². The second-order valence-electron chi connectivity index (χ2n) is 7.57. The first-order valence-corrected chi connectivity index (χ1v) is 8.73. The Balaban J connectivity index is 1.46. The Morgan fingerprint density at radius 3 is 3.00 bits per heavy atom. The molecule has 2 saturated heterocycles. The van der Waals surface area contributed by atoms with Gasteiger partial charge in [0.25, 0.3) is 0 Å². The number of piperidine rings is 1. The first kappa shape index (κ1) is 15.4. The summed E-state index contributed by atoms with van der Waals surface area (Å²) in [4.78, 5) is 17.1. The van der Waals surface area contributed by atoms with Crippen molar-refractivity contribution in [2.24, 2.45) is 5.41 Å². The van der Waals surface area contributed by atoms with E-state index in [0.717, 1.165) is 48.2 Å². The van der Waals surface area contributed by atoms with Gasteiger partial charge in [0.15, 0.2) is 0 Å². The van der Waals surface area contributed by atoms with E-state index >= 15 is 0 Å². The summed E-state index contributed by atoms with van der Waals surface area (Å²) in [5.74, 6) is 0. The van der Waals surface area contributed by atoms with Crippen LogP contribution in [0.5, 0.6) is 0 Å². The number of nitrogens with one attached hydrogen (secondary N) is 2. The number of aromatic amines is 1. The summed E-state index contributed by atoms with van der Waals surface area (Å²) in [6.45, 7) is 6.04. The standard InChI is InChI=1S/C18H25N5O/c1-13-8-14(9-16-15(13)10-19-21-16)20-17(24)23-7-5-18(12-23)4-3-6-22(2)11-18/h8-10H,3-7,11-12H2,1-2H3,(H,19,21)(H,20,24)/t18-/m1/s1. The maximum absolute atomic E-state index is 12.7. The largest absolute Gasteiger partial charge is 0.324 e. The van der Waals surface area contributed by atoms with E-state index < -0.39 is 0 Å². The number of carbonyl (C=O) groups excluding carboxylic acids is 1. The van der Waals surface area contributed by atoms with Gasteiger partial charge in [-0.25, -0.2) is 4.79 Å². The molecule has 0 bridgehead atoms. The molecule has 0 radical (unpaired) electrons. The van der Waals surface area contributed by atoms with Crippen molar-refractivity contribution in [1.29, 1.82) is 0 Å². The van der Waals surface area contributed by atoms with Gasteiger partial charge in [0.05, 0.1) is 11.7 Å². The molecule has 1 spiro atoms. The van der Waals surface area contributed by atoms with E-state index in [1.54, 1.807) is 0 Å². The van der Waals surface area contributed by atoms with Gasteiger partial charge in [-0.05, 0) is 57.5 Å². The zero-order valence-electron chi connectivity index (χ0n) is 14.4. The highest BCUT2D eigenvalue weighted by molar-refractivity contribution is 5.93. The Kier molecular flexibility index (Phi) is 3.72. The fourth-order valence-electron chi connectivity index (χ4n) is 4.40. The van der Waals surface area contributed by atoms with Gasteiger partial charge in [-0.1, -0.05) is 0 Å². The van der Waals surface area contributed by atoms with Crippen molar-refractivity contribution >= 4 is 22.6 Å². The lowest BCUT2D eigenvalue weighted by Crippen LogP contribution is -2.44. The minimum absolute atomic E-state index is 0.0124. The summed E-state index contributed by atoms with van der Waals surface area (Å²) in [5, 5.41) is 11.2. The van der Waals surface area contributed by atoms with Crippen LogP contribution in [-0.2, 0) is 0 Å². The summed E-state index contributed by atoms with van der Waals surface area (Å²) in [7, 11) is 2.19. The molecule has 24 heavy (non-hydrogen) atoms. The third-order valence-corrected chi connectivity index (χ3v) is 5.59. The number of aryl methyl sites for hydroxylation is 1. The zero-order valence-corrected chi connectivity index (χ0v) is 14.4. The van der Waals surface area contributed by atoms with Crippen molar-refractivity contribution in [2.75, 3.05) is 38.5 Å². The Bertz CT molecular complexity index is 770. The molecule has 6 nitrogen and oxygen atoms in total. The quantitative estimate of drug-likeness (QED) is 0.846. The number of urea groups is 1. The minimum Gasteiger partial charge on any atom is -0.324 e. The Morgan fingerprint density at radius 2 is 2.17 bits per heavy atom. The number of rotatable bonds is 1. The molecule has 1 aromatic heterocycles. The van der Waals surface area contributed by atoms with Crippen molar-refractivity contribution in [3.8, 4) is 0 Å². The van der Waals surface area contributed by atoms with Crippen LogP contribution in [0.15, 0.2) is 18.3 Å². The number of anilines is 1. The average Bonchev–Trinajstić information content (AvgIpc) is 3.15. The molecule has 1 atom stereocenters. The van der Waals surface area contributed by atoms with Gasteiger partial charge in [0.1, 0.15) is 0 Å². The van der Waals surface area contributed by atoms with E-state index in [0.29, 0.717) is 5.41 Å². The van der Waals surface area contributed by atoms with E-state index in [4.69, 9.17) is 0 Å². The van der Waals surface area contributed by atoms with Gasteiger partial charge >= 0.3 is 6.03 Å². The number of carbonyl (C=O) groups is 1. The number of H-pyrrole nitrogens is 1. The molecule has 2 aliphatic rings. The minimum atomic E-state index is 0.0124. The van der Waals surface area contributed by atoms with Crippen molar-refractivity contribution in [1.82, 2.24) is 20.0 Å². The first-order chi connectivity index (χ1) is 11.5. The second-order valence-corrected chi connectivity index (χ2v) is 7.57. The lowest BCUT2D eigenvalue weighted by atomic mass is 9.79. The number of nitrogens with zero attached hydrogens (tertiary/aromatic N) is 3. The number of fused-ring (bicyclic) bond motifs is 1. The summed E-state index contributed by atoms with van der Waals surface area (Å²) in [5.41, 5.74) is 3.20. The number of likely N-dealkylation sites (tertiary alicyclic amines) is 2. The molecule has 2 aliphatic heterocycles. The SMILES string of the molecule is Cc1cc(NC(=O)N2CC[C@@]3(CCCN(C)C3)C2)cc2[nH]ncc12. The molecule has 0 saturated carbocycles. The van der Waals surface area contributed by atoms with Crippen LogP contribution < -0.4 is 5.32 Å². The second kappa shape index (κ2) is 5.77. The fourth-order valence-corrected chi connectivity index (χ4v) is 4.40. The molecule has 4 rings (SSSR count). The molecule has 0 unspecified atom stereocenters. The maximum Gasteiger partial charge on any atom is 0.321 e. The lowest BCUT2D eigenvalue weighted by Gasteiger charge is -2.38. The van der Waals surface area contributed by atoms with Crippen LogP contribution in [0, 0.1) is 12.3 Å². The van der Waals surface area contributed by atoms with Crippen LogP contribution in [0.25, 0.3) is 10.9 Å². The monoisotopic (exact) mass is 327 g/mol. The predicted octanol–water partition coefficient (Wildman–Crippen LogP) is 2.82. The number of aromatic nitrogens is 2. The lowest BCUT2D eigenvalue weighted by molar-refractivity contribution is 0.117. The first-order valence-electron chi connectivity index (χ1n) is 8.73. The van der Waals surface area contributed by atoms with E-state index in [-0.39, 0.29) is 6.03 Å². The topological polar surface area (TPSA) is 64.3 Å². The van der Waals surface area contributed by atoms with E-state index in [9.17, 15) is 4.79 Å². The fraction of sp³-hybridized carbons (Fsp3) is 0.556. The molecule has 2 N–H and O–H groups in total. The van der Waals surface area contributed by atoms with Crippen molar-refractivity contribution in [2.45, 2.75) is 26.2 Å². The molecule has 2 fully saturated rings. The maximum atomic E-state index is 12.7. The van der Waals surface area contributed by atoms with E-state index in [1.807, 2.05) is 30.2 Å². The number of hydrogen-bond donors (Lipinski definition) is 2. The summed E-state index contributed by atoms with van der Waals surface area (Å²) in [6.07, 6.45) is 5.41. The van der Waals surface area contributed by atoms with Gasteiger partial charge in [0, 0.05) is 36.1 Å². The van der Waals surface area contributed by atoms with Crippen LogP contribution in [0.1, 0.15) is 24.8 Å². The van der Waals surface area contributed by atoms with Crippen LogP contribution in [-0.4, -0.2) is 59.3 Å². The smallest absolute Gasteiger partial charge is 0.321 e. The molecular weight excluding hydrogens is 302 g/mol. The Labute approximate surface area is 142 Å². The molecular formula is C18H25N5O. The molecule has 1 aromatic carbocycles. The summed E-state index contributed by atoms with van der Waals surface area (Å²) < 4.78 is 0. The zero-order chi connectivity index (χ0) is 16.7. The Morgan fingerprint density at radius 1 is 1.29 bits per heavy atom. The van der Waals surface area contributed by atoms with Crippen LogP contribution in [0.4, 0.5) is 10.5 Å². The molecule has 3 heterocycles. The number of amides is 2. The third-order valence-electron chi connectivity index (χ3n) is 5.59. The van der Waals surface area contributed by atoms with Gasteiger partial charge in [-0.3, -0.25) is 5.10 Å². The highest BCUT2D eigenvalue weighted by Gasteiger charge is 2.42. The van der Waals surface area contributed by atoms with Crippen LogP contribution >= 0.6 is 0 Å². The molecule has 6 heteroatoms. The summed E-state index contributed by atoms with van der Waals surface area (Å²) in [6, 6.07) is 3.97. The van der Waals surface area contributed by atoms with Crippen molar-refractivity contribution < 1.29 is 4.79 Å². The van der Waals surface area contributed by atoms with Crippen LogP contribution in [0.3, 0.4) is 0 Å². The van der Waals surface area contributed by atoms with Crippen LogP contribution in [0.2, 0.25) is 0 Å². The molecule has 128 valence electrons. The number of hydrogen-bond acceptors (Lipinski definition) is 3. The highest BCUT2D eigenvalue weighted by atomic mass is 16.2. The summed E-state index contributed by atoms with van der Waals surface area (Å²) >= 11 is 0. The van der Waals surface area contributed by atoms with Gasteiger partial charge in [-0.15, -0.1) is 0 Å². The Hall–Kier alpha value is -2.08. The van der Waals surface area contributed by atoms with Gasteiger partial charge in [0.2, 0.25) is 0 Å². The normalized spacial score (nSPS) is 24.8.